The van der Waals surface area contributed by atoms with Crippen molar-refractivity contribution in [1.29, 1.82) is 0 Å². The average molecular weight is 128 g/mol. The second-order valence-electron chi connectivity index (χ2n) is 1.63. The smallest absolute Gasteiger partial charge is 0.147 e. The molecule has 0 unspecified atom stereocenters. The van der Waals surface area contributed by atoms with Crippen LogP contribution in [-0.4, -0.2) is 14.9 Å². The molecule has 5 heteroatoms. The molecule has 0 aliphatic carbocycles. The van der Waals surface area contributed by atoms with E-state index in [1.165, 1.54) is 10.9 Å². The molecule has 5 N–H and O–H groups in total. The van der Waals surface area contributed by atoms with Crippen LogP contribution in [0.1, 0.15) is 0 Å². The first kappa shape index (κ1) is 5.90. The zero-order chi connectivity index (χ0) is 6.85. The van der Waals surface area contributed by atoms with Crippen LogP contribution in [0.4, 0.5) is 11.5 Å². The SMILES string of the molecule is Nc1cnn(CO)c1N. The van der Waals surface area contributed by atoms with Gasteiger partial charge in [0.1, 0.15) is 12.5 Å². The summed E-state index contributed by atoms with van der Waals surface area (Å²) in [6, 6.07) is 0. The van der Waals surface area contributed by atoms with Crippen molar-refractivity contribution >= 4 is 11.5 Å². The summed E-state index contributed by atoms with van der Waals surface area (Å²) in [5.41, 5.74) is 11.0. The van der Waals surface area contributed by atoms with Crippen molar-refractivity contribution in [3.05, 3.63) is 6.20 Å². The number of nitrogens with zero attached hydrogens (tertiary/aromatic N) is 2. The number of aliphatic hydroxyl groups is 1. The minimum absolute atomic E-state index is 0.233. The Morgan fingerprint density at radius 2 is 2.33 bits per heavy atom. The van der Waals surface area contributed by atoms with Gasteiger partial charge in [0.15, 0.2) is 0 Å². The molecule has 0 aliphatic rings. The van der Waals surface area contributed by atoms with Crippen LogP contribution in [0, 0.1) is 0 Å². The largest absolute Gasteiger partial charge is 0.394 e. The second kappa shape index (κ2) is 1.94. The monoisotopic (exact) mass is 128 g/mol. The van der Waals surface area contributed by atoms with E-state index in [2.05, 4.69) is 5.10 Å². The molecule has 0 amide bonds. The molecule has 0 aromatic carbocycles. The zero-order valence-electron chi connectivity index (χ0n) is 4.78. The van der Waals surface area contributed by atoms with Gasteiger partial charge in [-0.25, -0.2) is 4.68 Å². The Morgan fingerprint density at radius 1 is 1.67 bits per heavy atom. The molecule has 0 atom stereocenters. The van der Waals surface area contributed by atoms with Crippen LogP contribution >= 0.6 is 0 Å². The molecule has 0 radical (unpaired) electrons. The number of hydrogen-bond acceptors (Lipinski definition) is 4. The summed E-state index contributed by atoms with van der Waals surface area (Å²) >= 11 is 0. The van der Waals surface area contributed by atoms with Gasteiger partial charge in [0, 0.05) is 0 Å². The van der Waals surface area contributed by atoms with Crippen LogP contribution < -0.4 is 11.5 Å². The number of rotatable bonds is 1. The fourth-order valence-corrected chi connectivity index (χ4v) is 0.522. The molecular formula is C4H8N4O. The predicted octanol–water partition coefficient (Wildman–Crippen LogP) is -1.00. The summed E-state index contributed by atoms with van der Waals surface area (Å²) in [5, 5.41) is 12.1. The molecule has 0 spiro atoms. The Morgan fingerprint density at radius 3 is 2.56 bits per heavy atom. The van der Waals surface area contributed by atoms with Gasteiger partial charge in [-0.05, 0) is 0 Å². The van der Waals surface area contributed by atoms with Gasteiger partial charge in [-0.1, -0.05) is 0 Å². The van der Waals surface area contributed by atoms with Crippen molar-refractivity contribution in [3.63, 3.8) is 0 Å². The molecule has 9 heavy (non-hydrogen) atoms. The van der Waals surface area contributed by atoms with Gasteiger partial charge >= 0.3 is 0 Å². The number of nitrogen functional groups attached to an aromatic ring is 2. The lowest BCUT2D eigenvalue weighted by atomic mass is 10.5. The molecule has 0 bridgehead atoms. The third-order valence-electron chi connectivity index (χ3n) is 1.04. The summed E-state index contributed by atoms with van der Waals surface area (Å²) < 4.78 is 1.20. The predicted molar refractivity (Wildman–Crippen MR) is 33.3 cm³/mol. The van der Waals surface area contributed by atoms with E-state index in [1.54, 1.807) is 0 Å². The van der Waals surface area contributed by atoms with Crippen LogP contribution in [-0.2, 0) is 6.73 Å². The Kier molecular flexibility index (Phi) is 1.27. The number of aliphatic hydroxyl groups excluding tert-OH is 1. The summed E-state index contributed by atoms with van der Waals surface area (Å²) in [6.07, 6.45) is 1.39. The molecule has 50 valence electrons. The minimum Gasteiger partial charge on any atom is -0.394 e. The second-order valence-corrected chi connectivity index (χ2v) is 1.63. The van der Waals surface area contributed by atoms with Crippen LogP contribution in [0.2, 0.25) is 0 Å². The Balaban J connectivity index is 3.04. The lowest BCUT2D eigenvalue weighted by Crippen LogP contribution is -2.04. The van der Waals surface area contributed by atoms with E-state index in [-0.39, 0.29) is 6.73 Å². The van der Waals surface area contributed by atoms with Crippen molar-refractivity contribution in [2.45, 2.75) is 6.73 Å². The molecule has 0 fully saturated rings. The molecule has 0 saturated heterocycles. The van der Waals surface area contributed by atoms with E-state index in [1.807, 2.05) is 0 Å². The van der Waals surface area contributed by atoms with Gasteiger partial charge in [0.2, 0.25) is 0 Å². The van der Waals surface area contributed by atoms with Crippen molar-refractivity contribution < 1.29 is 5.11 Å². The van der Waals surface area contributed by atoms with Crippen LogP contribution in [0.5, 0.6) is 0 Å². The van der Waals surface area contributed by atoms with E-state index in [0.717, 1.165) is 0 Å². The number of hydrogen-bond donors (Lipinski definition) is 3. The first-order chi connectivity index (χ1) is 4.25. The highest BCUT2D eigenvalue weighted by molar-refractivity contribution is 5.56. The average Bonchev–Trinajstić information content (AvgIpc) is 2.15. The Labute approximate surface area is 51.9 Å². The van der Waals surface area contributed by atoms with Gasteiger partial charge in [-0.2, -0.15) is 5.10 Å². The standard InChI is InChI=1S/C4H8N4O/c5-3-1-7-8(2-9)4(3)6/h1,9H,2,5-6H2. The van der Waals surface area contributed by atoms with Crippen LogP contribution in [0.25, 0.3) is 0 Å². The number of nitrogens with two attached hydrogens (primary N) is 2. The van der Waals surface area contributed by atoms with E-state index in [9.17, 15) is 0 Å². The summed E-state index contributed by atoms with van der Waals surface area (Å²) in [5.74, 6) is 0.303. The molecular weight excluding hydrogens is 120 g/mol. The van der Waals surface area contributed by atoms with E-state index >= 15 is 0 Å². The fraction of sp³-hybridized carbons (Fsp3) is 0.250. The topological polar surface area (TPSA) is 90.1 Å². The first-order valence-corrected chi connectivity index (χ1v) is 2.43. The van der Waals surface area contributed by atoms with Gasteiger partial charge in [-0.15, -0.1) is 0 Å². The molecule has 1 rings (SSSR count). The third-order valence-corrected chi connectivity index (χ3v) is 1.04. The Hall–Kier alpha value is -1.23. The molecule has 0 aliphatic heterocycles. The van der Waals surface area contributed by atoms with Gasteiger partial charge in [-0.3, -0.25) is 0 Å². The van der Waals surface area contributed by atoms with Crippen molar-refractivity contribution in [1.82, 2.24) is 9.78 Å². The summed E-state index contributed by atoms with van der Waals surface area (Å²) in [4.78, 5) is 0. The highest BCUT2D eigenvalue weighted by Crippen LogP contribution is 2.10. The fourth-order valence-electron chi connectivity index (χ4n) is 0.522. The van der Waals surface area contributed by atoms with Crippen LogP contribution in [0.3, 0.4) is 0 Å². The molecule has 1 aromatic heterocycles. The molecule has 1 heterocycles. The number of anilines is 2. The molecule has 0 saturated carbocycles. The highest BCUT2D eigenvalue weighted by Gasteiger charge is 1.99. The lowest BCUT2D eigenvalue weighted by molar-refractivity contribution is 0.198. The van der Waals surface area contributed by atoms with E-state index in [4.69, 9.17) is 16.6 Å². The van der Waals surface area contributed by atoms with Gasteiger partial charge < -0.3 is 16.6 Å². The van der Waals surface area contributed by atoms with Crippen molar-refractivity contribution in [3.8, 4) is 0 Å². The Bertz CT molecular complexity index is 206. The quantitative estimate of drug-likeness (QED) is 0.452. The number of aromatic nitrogens is 2. The summed E-state index contributed by atoms with van der Waals surface area (Å²) in [6.45, 7) is -0.233. The zero-order valence-corrected chi connectivity index (χ0v) is 4.78. The lowest BCUT2D eigenvalue weighted by Gasteiger charge is -1.95. The van der Waals surface area contributed by atoms with Crippen molar-refractivity contribution in [2.75, 3.05) is 11.5 Å². The maximum absolute atomic E-state index is 8.50. The van der Waals surface area contributed by atoms with E-state index < -0.39 is 0 Å². The summed E-state index contributed by atoms with van der Waals surface area (Å²) in [7, 11) is 0. The highest BCUT2D eigenvalue weighted by atomic mass is 16.3. The van der Waals surface area contributed by atoms with Crippen molar-refractivity contribution in [2.24, 2.45) is 0 Å². The third kappa shape index (κ3) is 0.812. The molecule has 1 aromatic rings. The first-order valence-electron chi connectivity index (χ1n) is 2.43. The van der Waals surface area contributed by atoms with Gasteiger partial charge in [0.25, 0.3) is 0 Å². The minimum atomic E-state index is -0.233. The maximum Gasteiger partial charge on any atom is 0.147 e. The van der Waals surface area contributed by atoms with Gasteiger partial charge in [0.05, 0.1) is 11.9 Å². The molecule has 5 nitrogen and oxygen atoms in total. The maximum atomic E-state index is 8.50. The van der Waals surface area contributed by atoms with Crippen LogP contribution in [0.15, 0.2) is 6.20 Å². The normalized spacial score (nSPS) is 9.89. The van der Waals surface area contributed by atoms with E-state index in [0.29, 0.717) is 11.5 Å².